The SMILES string of the molecule is CC1CCNCC1Cc1ccc(F)cc1. The average molecular weight is 207 g/mol. The van der Waals surface area contributed by atoms with E-state index in [2.05, 4.69) is 12.2 Å². The molecule has 0 bridgehead atoms. The van der Waals surface area contributed by atoms with Gasteiger partial charge < -0.3 is 5.32 Å². The van der Waals surface area contributed by atoms with Crippen LogP contribution in [0.3, 0.4) is 0 Å². The summed E-state index contributed by atoms with van der Waals surface area (Å²) in [6, 6.07) is 6.90. The number of rotatable bonds is 2. The van der Waals surface area contributed by atoms with E-state index in [4.69, 9.17) is 0 Å². The number of hydrogen-bond donors (Lipinski definition) is 1. The second-order valence-electron chi connectivity index (χ2n) is 4.56. The lowest BCUT2D eigenvalue weighted by atomic mass is 9.83. The van der Waals surface area contributed by atoms with Gasteiger partial charge >= 0.3 is 0 Å². The summed E-state index contributed by atoms with van der Waals surface area (Å²) in [4.78, 5) is 0. The van der Waals surface area contributed by atoms with Crippen molar-refractivity contribution in [3.05, 3.63) is 35.6 Å². The highest BCUT2D eigenvalue weighted by Crippen LogP contribution is 2.22. The summed E-state index contributed by atoms with van der Waals surface area (Å²) in [7, 11) is 0. The van der Waals surface area contributed by atoms with Gasteiger partial charge in [-0.15, -0.1) is 0 Å². The van der Waals surface area contributed by atoms with Crippen molar-refractivity contribution in [1.82, 2.24) is 5.32 Å². The van der Waals surface area contributed by atoms with Gasteiger partial charge in [-0.25, -0.2) is 4.39 Å². The zero-order chi connectivity index (χ0) is 10.7. The first-order chi connectivity index (χ1) is 7.25. The van der Waals surface area contributed by atoms with Gasteiger partial charge in [0.2, 0.25) is 0 Å². The van der Waals surface area contributed by atoms with Crippen LogP contribution in [-0.2, 0) is 6.42 Å². The maximum Gasteiger partial charge on any atom is 0.123 e. The van der Waals surface area contributed by atoms with E-state index in [9.17, 15) is 4.39 Å². The van der Waals surface area contributed by atoms with Gasteiger partial charge in [0.15, 0.2) is 0 Å². The van der Waals surface area contributed by atoms with Crippen molar-refractivity contribution < 1.29 is 4.39 Å². The summed E-state index contributed by atoms with van der Waals surface area (Å²) >= 11 is 0. The lowest BCUT2D eigenvalue weighted by molar-refractivity contribution is 0.272. The Morgan fingerprint density at radius 2 is 2.07 bits per heavy atom. The minimum absolute atomic E-state index is 0.145. The number of hydrogen-bond acceptors (Lipinski definition) is 1. The first kappa shape index (κ1) is 10.6. The molecule has 0 spiro atoms. The summed E-state index contributed by atoms with van der Waals surface area (Å²) in [5.74, 6) is 1.33. The zero-order valence-corrected chi connectivity index (χ0v) is 9.17. The van der Waals surface area contributed by atoms with Crippen LogP contribution < -0.4 is 5.32 Å². The van der Waals surface area contributed by atoms with Crippen molar-refractivity contribution in [2.24, 2.45) is 11.8 Å². The Bertz CT molecular complexity index is 307. The summed E-state index contributed by atoms with van der Waals surface area (Å²) in [6.07, 6.45) is 2.32. The first-order valence-electron chi connectivity index (χ1n) is 5.71. The largest absolute Gasteiger partial charge is 0.316 e. The quantitative estimate of drug-likeness (QED) is 0.786. The molecule has 2 atom stereocenters. The van der Waals surface area contributed by atoms with E-state index in [1.165, 1.54) is 12.0 Å². The van der Waals surface area contributed by atoms with Crippen LogP contribution in [0.5, 0.6) is 0 Å². The molecular formula is C13H18FN. The van der Waals surface area contributed by atoms with Crippen LogP contribution in [0.25, 0.3) is 0 Å². The Kier molecular flexibility index (Phi) is 3.37. The number of nitrogens with one attached hydrogen (secondary N) is 1. The minimum Gasteiger partial charge on any atom is -0.316 e. The van der Waals surface area contributed by atoms with E-state index < -0.39 is 0 Å². The average Bonchev–Trinajstić information content (AvgIpc) is 2.25. The van der Waals surface area contributed by atoms with Crippen molar-refractivity contribution in [1.29, 1.82) is 0 Å². The number of halogens is 1. The fourth-order valence-corrected chi connectivity index (χ4v) is 2.25. The predicted molar refractivity (Wildman–Crippen MR) is 60.2 cm³/mol. The second kappa shape index (κ2) is 4.75. The highest BCUT2D eigenvalue weighted by atomic mass is 19.1. The van der Waals surface area contributed by atoms with Crippen LogP contribution in [0.1, 0.15) is 18.9 Å². The van der Waals surface area contributed by atoms with Gasteiger partial charge in [-0.3, -0.25) is 0 Å². The summed E-state index contributed by atoms with van der Waals surface area (Å²) in [6.45, 7) is 4.55. The van der Waals surface area contributed by atoms with E-state index in [-0.39, 0.29) is 5.82 Å². The highest BCUT2D eigenvalue weighted by Gasteiger charge is 2.20. The molecule has 1 nitrogen and oxygen atoms in total. The van der Waals surface area contributed by atoms with Crippen LogP contribution >= 0.6 is 0 Å². The molecule has 2 unspecified atom stereocenters. The molecule has 1 aromatic rings. The second-order valence-corrected chi connectivity index (χ2v) is 4.56. The fourth-order valence-electron chi connectivity index (χ4n) is 2.25. The maximum atomic E-state index is 12.7. The molecule has 2 rings (SSSR count). The van der Waals surface area contributed by atoms with Gasteiger partial charge in [-0.05, 0) is 55.5 Å². The van der Waals surface area contributed by atoms with Gasteiger partial charge in [-0.1, -0.05) is 19.1 Å². The van der Waals surface area contributed by atoms with Crippen molar-refractivity contribution in [3.8, 4) is 0 Å². The lowest BCUT2D eigenvalue weighted by Gasteiger charge is -2.29. The monoisotopic (exact) mass is 207 g/mol. The molecule has 0 amide bonds. The third kappa shape index (κ3) is 2.78. The molecule has 0 aromatic heterocycles. The Morgan fingerprint density at radius 3 is 2.73 bits per heavy atom. The molecule has 0 saturated carbocycles. The summed E-state index contributed by atoms with van der Waals surface area (Å²) in [5.41, 5.74) is 1.25. The van der Waals surface area contributed by atoms with Gasteiger partial charge in [0, 0.05) is 0 Å². The molecule has 1 aliphatic rings. The molecule has 1 saturated heterocycles. The van der Waals surface area contributed by atoms with Crippen LogP contribution in [0.4, 0.5) is 4.39 Å². The van der Waals surface area contributed by atoms with Crippen LogP contribution in [0, 0.1) is 17.7 Å². The standard InChI is InChI=1S/C13H18FN/c1-10-6-7-15-9-12(10)8-11-2-4-13(14)5-3-11/h2-5,10,12,15H,6-9H2,1H3. The molecule has 1 aromatic carbocycles. The molecule has 82 valence electrons. The van der Waals surface area contributed by atoms with Crippen molar-refractivity contribution in [3.63, 3.8) is 0 Å². The van der Waals surface area contributed by atoms with Crippen molar-refractivity contribution >= 4 is 0 Å². The van der Waals surface area contributed by atoms with Crippen molar-refractivity contribution in [2.45, 2.75) is 19.8 Å². The molecule has 2 heteroatoms. The third-order valence-corrected chi connectivity index (χ3v) is 3.40. The maximum absolute atomic E-state index is 12.7. The summed E-state index contributed by atoms with van der Waals surface area (Å²) in [5, 5.41) is 3.42. The van der Waals surface area contributed by atoms with E-state index in [0.29, 0.717) is 5.92 Å². The molecule has 0 radical (unpaired) electrons. The Labute approximate surface area is 90.7 Å². The van der Waals surface area contributed by atoms with E-state index in [1.807, 2.05) is 12.1 Å². The van der Waals surface area contributed by atoms with Crippen LogP contribution in [-0.4, -0.2) is 13.1 Å². The van der Waals surface area contributed by atoms with E-state index in [0.717, 1.165) is 25.4 Å². The van der Waals surface area contributed by atoms with Crippen LogP contribution in [0.2, 0.25) is 0 Å². The predicted octanol–water partition coefficient (Wildman–Crippen LogP) is 2.61. The smallest absolute Gasteiger partial charge is 0.123 e. The van der Waals surface area contributed by atoms with Crippen LogP contribution in [0.15, 0.2) is 24.3 Å². The van der Waals surface area contributed by atoms with Gasteiger partial charge in [0.05, 0.1) is 0 Å². The lowest BCUT2D eigenvalue weighted by Crippen LogP contribution is -2.36. The Balaban J connectivity index is 1.98. The topological polar surface area (TPSA) is 12.0 Å². The molecule has 1 aliphatic heterocycles. The zero-order valence-electron chi connectivity index (χ0n) is 9.17. The van der Waals surface area contributed by atoms with Gasteiger partial charge in [-0.2, -0.15) is 0 Å². The molecule has 1 fully saturated rings. The fraction of sp³-hybridized carbons (Fsp3) is 0.538. The Morgan fingerprint density at radius 1 is 1.33 bits per heavy atom. The molecule has 15 heavy (non-hydrogen) atoms. The summed E-state index contributed by atoms with van der Waals surface area (Å²) < 4.78 is 12.7. The molecule has 0 aliphatic carbocycles. The Hall–Kier alpha value is -0.890. The normalized spacial score (nSPS) is 26.5. The molecule has 1 N–H and O–H groups in total. The van der Waals surface area contributed by atoms with E-state index >= 15 is 0 Å². The molecular weight excluding hydrogens is 189 g/mol. The van der Waals surface area contributed by atoms with E-state index in [1.54, 1.807) is 12.1 Å². The van der Waals surface area contributed by atoms with Crippen molar-refractivity contribution in [2.75, 3.05) is 13.1 Å². The molecule has 1 heterocycles. The van der Waals surface area contributed by atoms with Gasteiger partial charge in [0.25, 0.3) is 0 Å². The first-order valence-corrected chi connectivity index (χ1v) is 5.71. The number of benzene rings is 1. The number of piperidine rings is 1. The van der Waals surface area contributed by atoms with Gasteiger partial charge in [0.1, 0.15) is 5.82 Å². The third-order valence-electron chi connectivity index (χ3n) is 3.40. The minimum atomic E-state index is -0.145. The highest BCUT2D eigenvalue weighted by molar-refractivity contribution is 5.16.